The van der Waals surface area contributed by atoms with Crippen LogP contribution in [-0.2, 0) is 6.42 Å². The Kier molecular flexibility index (Phi) is 6.72. The Morgan fingerprint density at radius 1 is 0.800 bits per heavy atom. The predicted octanol–water partition coefficient (Wildman–Crippen LogP) is 5.28. The van der Waals surface area contributed by atoms with E-state index in [9.17, 15) is 17.3 Å². The molecule has 0 spiro atoms. The topological polar surface area (TPSA) is 27.1 Å². The summed E-state index contributed by atoms with van der Waals surface area (Å²) in [6.45, 7) is 2.17. The first-order valence-corrected chi connectivity index (χ1v) is 9.48. The fourth-order valence-electron chi connectivity index (χ4n) is 2.96. The molecule has 0 aliphatic carbocycles. The maximum absolute atomic E-state index is 9.75. The number of hydrogen-bond donors (Lipinski definition) is 1. The van der Waals surface area contributed by atoms with Gasteiger partial charge >= 0.3 is 7.25 Å². The van der Waals surface area contributed by atoms with Gasteiger partial charge in [-0.15, -0.1) is 0 Å². The van der Waals surface area contributed by atoms with E-state index in [0.717, 1.165) is 39.8 Å². The molecule has 0 aliphatic rings. The lowest BCUT2D eigenvalue weighted by Gasteiger charge is -2.02. The third kappa shape index (κ3) is 6.07. The van der Waals surface area contributed by atoms with Crippen molar-refractivity contribution in [3.05, 3.63) is 95.8 Å². The van der Waals surface area contributed by atoms with E-state index in [4.69, 9.17) is 4.42 Å². The molecule has 154 valence electrons. The van der Waals surface area contributed by atoms with Gasteiger partial charge in [0, 0.05) is 17.7 Å². The molecule has 30 heavy (non-hydrogen) atoms. The molecule has 4 rings (SSSR count). The Bertz CT molecular complexity index is 1160. The highest BCUT2D eigenvalue weighted by atomic mass is 19.5. The number of para-hydroxylation sites is 1. The number of nitrogens with one attached hydrogen (secondary N) is 1. The molecule has 3 aromatic carbocycles. The molecule has 0 saturated heterocycles. The number of hydrogen-bond acceptors (Lipinski definition) is 1. The van der Waals surface area contributed by atoms with E-state index in [2.05, 4.69) is 60.4 Å². The number of aryl methyl sites for hydroxylation is 1. The van der Waals surface area contributed by atoms with Gasteiger partial charge in [0.15, 0.2) is 0 Å². The SMILES string of the molecule is CCc1ccc([NH+]=c2cc(-c3ccccc3)oc3ccccc23)cc1.F[B-](F)(F)F. The summed E-state index contributed by atoms with van der Waals surface area (Å²) in [7, 11) is -6.00. The Hall–Kier alpha value is -3.35. The van der Waals surface area contributed by atoms with Crippen molar-refractivity contribution in [3.63, 3.8) is 0 Å². The first-order valence-electron chi connectivity index (χ1n) is 9.48. The summed E-state index contributed by atoms with van der Waals surface area (Å²) in [6, 6.07) is 29.0. The zero-order chi connectivity index (χ0) is 21.6. The second kappa shape index (κ2) is 9.44. The zero-order valence-corrected chi connectivity index (χ0v) is 16.3. The van der Waals surface area contributed by atoms with E-state index in [1.54, 1.807) is 0 Å². The summed E-state index contributed by atoms with van der Waals surface area (Å²) in [5.41, 5.74) is 4.35. The van der Waals surface area contributed by atoms with Crippen LogP contribution in [0, 0.1) is 0 Å². The van der Waals surface area contributed by atoms with Gasteiger partial charge in [-0.05, 0) is 24.1 Å². The summed E-state index contributed by atoms with van der Waals surface area (Å²) in [5, 5.41) is 2.12. The summed E-state index contributed by atoms with van der Waals surface area (Å²) in [4.78, 5) is 3.55. The second-order valence-electron chi connectivity index (χ2n) is 6.56. The normalized spacial score (nSPS) is 11.8. The molecule has 0 aliphatic heterocycles. The van der Waals surface area contributed by atoms with Crippen LogP contribution in [0.15, 0.2) is 89.3 Å². The fourth-order valence-corrected chi connectivity index (χ4v) is 2.96. The van der Waals surface area contributed by atoms with Gasteiger partial charge in [-0.2, -0.15) is 0 Å². The lowest BCUT2D eigenvalue weighted by molar-refractivity contribution is -0.400. The summed E-state index contributed by atoms with van der Waals surface area (Å²) in [6.07, 6.45) is 1.05. The Balaban J connectivity index is 0.000000461. The predicted molar refractivity (Wildman–Crippen MR) is 111 cm³/mol. The average Bonchev–Trinajstić information content (AvgIpc) is 2.74. The van der Waals surface area contributed by atoms with Crippen molar-refractivity contribution < 1.29 is 26.7 Å². The molecule has 0 unspecified atom stereocenters. The monoisotopic (exact) mass is 413 g/mol. The Morgan fingerprint density at radius 2 is 1.40 bits per heavy atom. The maximum Gasteiger partial charge on any atom is 0.673 e. The zero-order valence-electron chi connectivity index (χ0n) is 16.3. The van der Waals surface area contributed by atoms with Crippen LogP contribution in [0.25, 0.3) is 22.3 Å². The van der Waals surface area contributed by atoms with Gasteiger partial charge in [0.05, 0.1) is 11.5 Å². The van der Waals surface area contributed by atoms with Gasteiger partial charge < -0.3 is 21.7 Å². The van der Waals surface area contributed by atoms with Crippen molar-refractivity contribution in [1.82, 2.24) is 0 Å². The largest absolute Gasteiger partial charge is 0.673 e. The van der Waals surface area contributed by atoms with Crippen LogP contribution in [0.5, 0.6) is 0 Å². The van der Waals surface area contributed by atoms with Crippen LogP contribution in [0.3, 0.4) is 0 Å². The van der Waals surface area contributed by atoms with E-state index >= 15 is 0 Å². The first kappa shape index (κ1) is 21.4. The number of halogens is 4. The smallest absolute Gasteiger partial charge is 0.456 e. The second-order valence-corrected chi connectivity index (χ2v) is 6.56. The van der Waals surface area contributed by atoms with E-state index in [-0.39, 0.29) is 0 Å². The van der Waals surface area contributed by atoms with Crippen LogP contribution >= 0.6 is 0 Å². The summed E-state index contributed by atoms with van der Waals surface area (Å²) < 4.78 is 45.1. The standard InChI is InChI=1S/C23H19NO.BF4/c1-2-17-12-14-19(15-13-17)24-21-16-23(18-8-4-3-5-9-18)25-22-11-7-6-10-20(21)22;2-1(3,4)5/h3-16H,2H2,1H3;/q;-1/p+1. The quantitative estimate of drug-likeness (QED) is 0.359. The van der Waals surface area contributed by atoms with Crippen LogP contribution in [0.4, 0.5) is 23.0 Å². The molecule has 7 heteroatoms. The highest BCUT2D eigenvalue weighted by Gasteiger charge is 2.20. The molecular formula is C23H20BF4NO. The lowest BCUT2D eigenvalue weighted by Crippen LogP contribution is -2.70. The molecule has 4 aromatic rings. The van der Waals surface area contributed by atoms with E-state index in [0.29, 0.717) is 0 Å². The Labute approximate surface area is 171 Å². The highest BCUT2D eigenvalue weighted by Crippen LogP contribution is 2.21. The molecule has 1 heterocycles. The van der Waals surface area contributed by atoms with Crippen molar-refractivity contribution in [2.24, 2.45) is 0 Å². The molecule has 0 radical (unpaired) electrons. The molecule has 1 aromatic heterocycles. The minimum absolute atomic E-state index is 0.854. The van der Waals surface area contributed by atoms with Crippen LogP contribution in [0.2, 0.25) is 0 Å². The maximum atomic E-state index is 9.75. The molecule has 0 saturated carbocycles. The van der Waals surface area contributed by atoms with Crippen molar-refractivity contribution in [2.75, 3.05) is 0 Å². The average molecular weight is 413 g/mol. The summed E-state index contributed by atoms with van der Waals surface area (Å²) in [5.74, 6) is 0.854. The van der Waals surface area contributed by atoms with Crippen molar-refractivity contribution in [2.45, 2.75) is 13.3 Å². The van der Waals surface area contributed by atoms with Crippen LogP contribution < -0.4 is 10.3 Å². The van der Waals surface area contributed by atoms with Gasteiger partial charge in [0.1, 0.15) is 11.3 Å². The molecule has 0 bridgehead atoms. The van der Waals surface area contributed by atoms with Gasteiger partial charge in [-0.25, -0.2) is 4.99 Å². The highest BCUT2D eigenvalue weighted by molar-refractivity contribution is 6.50. The van der Waals surface area contributed by atoms with E-state index < -0.39 is 7.25 Å². The van der Waals surface area contributed by atoms with Crippen LogP contribution in [-0.4, -0.2) is 7.25 Å². The fraction of sp³-hybridized carbons (Fsp3) is 0.0870. The van der Waals surface area contributed by atoms with E-state index in [1.165, 1.54) is 5.56 Å². The minimum atomic E-state index is -6.00. The molecule has 0 fully saturated rings. The molecular weight excluding hydrogens is 393 g/mol. The molecule has 0 amide bonds. The van der Waals surface area contributed by atoms with Crippen LogP contribution in [0.1, 0.15) is 12.5 Å². The van der Waals surface area contributed by atoms with Gasteiger partial charge in [-0.3, -0.25) is 0 Å². The van der Waals surface area contributed by atoms with E-state index in [1.807, 2.05) is 36.4 Å². The van der Waals surface area contributed by atoms with Gasteiger partial charge in [0.25, 0.3) is 0 Å². The third-order valence-corrected chi connectivity index (χ3v) is 4.37. The van der Waals surface area contributed by atoms with Crippen molar-refractivity contribution >= 4 is 23.9 Å². The third-order valence-electron chi connectivity index (χ3n) is 4.37. The minimum Gasteiger partial charge on any atom is -0.456 e. The number of benzene rings is 3. The van der Waals surface area contributed by atoms with Gasteiger partial charge in [0.2, 0.25) is 11.0 Å². The lowest BCUT2D eigenvalue weighted by atomic mass is 10.1. The number of rotatable bonds is 3. The molecule has 2 nitrogen and oxygen atoms in total. The van der Waals surface area contributed by atoms with Crippen molar-refractivity contribution in [3.8, 4) is 11.3 Å². The number of fused-ring (bicyclic) bond motifs is 1. The van der Waals surface area contributed by atoms with Crippen molar-refractivity contribution in [1.29, 1.82) is 0 Å². The summed E-state index contributed by atoms with van der Waals surface area (Å²) >= 11 is 0. The first-order chi connectivity index (χ1) is 14.3. The Morgan fingerprint density at radius 3 is 2.03 bits per heavy atom. The van der Waals surface area contributed by atoms with Gasteiger partial charge in [-0.1, -0.05) is 61.5 Å². The molecule has 0 atom stereocenters. The molecule has 1 N–H and O–H groups in total.